The third-order valence-electron chi connectivity index (χ3n) is 2.50. The summed E-state index contributed by atoms with van der Waals surface area (Å²) < 4.78 is 5.83. The van der Waals surface area contributed by atoms with Gasteiger partial charge in [0.15, 0.2) is 5.82 Å². The van der Waals surface area contributed by atoms with Crippen LogP contribution in [0.1, 0.15) is 11.1 Å². The highest BCUT2D eigenvalue weighted by atomic mass is 32.1. The molecule has 0 radical (unpaired) electrons. The van der Waals surface area contributed by atoms with Crippen molar-refractivity contribution < 1.29 is 4.74 Å². The van der Waals surface area contributed by atoms with Crippen LogP contribution >= 0.6 is 12.2 Å². The highest BCUT2D eigenvalue weighted by Crippen LogP contribution is 2.24. The van der Waals surface area contributed by atoms with Gasteiger partial charge in [0, 0.05) is 5.56 Å². The van der Waals surface area contributed by atoms with E-state index in [-0.39, 0.29) is 0 Å². The molecule has 76 valence electrons. The normalized spacial score (nSPS) is 14.1. The van der Waals surface area contributed by atoms with Gasteiger partial charge < -0.3 is 4.74 Å². The molecule has 5 heteroatoms. The van der Waals surface area contributed by atoms with Crippen LogP contribution in [0.15, 0.2) is 18.2 Å². The standard InChI is InChI=1S/C10H9N3OS/c15-10-11-9(12-13-10)6-1-2-7-4-14-5-8(7)3-6/h1-3H,4-5H2,(H2,11,12,13,15). The Kier molecular flexibility index (Phi) is 1.93. The quantitative estimate of drug-likeness (QED) is 0.723. The summed E-state index contributed by atoms with van der Waals surface area (Å²) in [6, 6.07) is 6.18. The summed E-state index contributed by atoms with van der Waals surface area (Å²) in [7, 11) is 0. The van der Waals surface area contributed by atoms with E-state index < -0.39 is 0 Å². The summed E-state index contributed by atoms with van der Waals surface area (Å²) in [5.74, 6) is 0.773. The Labute approximate surface area is 91.3 Å². The molecule has 0 bridgehead atoms. The Bertz CT molecular complexity index is 558. The number of aromatic nitrogens is 3. The fraction of sp³-hybridized carbons (Fsp3) is 0.200. The van der Waals surface area contributed by atoms with Crippen molar-refractivity contribution in [1.29, 1.82) is 0 Å². The number of rotatable bonds is 1. The van der Waals surface area contributed by atoms with E-state index in [1.165, 1.54) is 11.1 Å². The average Bonchev–Trinajstić information content (AvgIpc) is 2.84. The average molecular weight is 219 g/mol. The molecule has 1 aromatic heterocycles. The Morgan fingerprint density at radius 1 is 1.20 bits per heavy atom. The van der Waals surface area contributed by atoms with Gasteiger partial charge in [-0.05, 0) is 29.4 Å². The molecule has 15 heavy (non-hydrogen) atoms. The first-order valence-corrected chi connectivity index (χ1v) is 5.08. The minimum absolute atomic E-state index is 0.474. The summed E-state index contributed by atoms with van der Waals surface area (Å²) in [6.45, 7) is 1.40. The first-order chi connectivity index (χ1) is 7.33. The predicted molar refractivity (Wildman–Crippen MR) is 57.7 cm³/mol. The molecule has 1 aliphatic heterocycles. The number of nitrogens with zero attached hydrogens (tertiary/aromatic N) is 1. The Balaban J connectivity index is 2.10. The lowest BCUT2D eigenvalue weighted by Gasteiger charge is -1.99. The van der Waals surface area contributed by atoms with Crippen molar-refractivity contribution in [1.82, 2.24) is 15.2 Å². The highest BCUT2D eigenvalue weighted by molar-refractivity contribution is 7.71. The SMILES string of the molecule is S=c1nc(-c2ccc3c(c2)COC3)[nH][nH]1. The van der Waals surface area contributed by atoms with Crippen LogP contribution in [0.5, 0.6) is 0 Å². The van der Waals surface area contributed by atoms with E-state index in [2.05, 4.69) is 27.3 Å². The van der Waals surface area contributed by atoms with Gasteiger partial charge in [0.25, 0.3) is 0 Å². The van der Waals surface area contributed by atoms with Gasteiger partial charge in [-0.2, -0.15) is 4.98 Å². The zero-order valence-electron chi connectivity index (χ0n) is 7.91. The summed E-state index contributed by atoms with van der Waals surface area (Å²) in [5, 5.41) is 5.71. The molecule has 0 unspecified atom stereocenters. The molecule has 4 nitrogen and oxygen atoms in total. The topological polar surface area (TPSA) is 53.7 Å². The molecule has 0 fully saturated rings. The van der Waals surface area contributed by atoms with Gasteiger partial charge in [0.05, 0.1) is 13.2 Å². The van der Waals surface area contributed by atoms with Crippen molar-refractivity contribution in [2.45, 2.75) is 13.2 Å². The van der Waals surface area contributed by atoms with E-state index in [1.807, 2.05) is 6.07 Å². The molecule has 0 atom stereocenters. The van der Waals surface area contributed by atoms with Crippen LogP contribution in [0.4, 0.5) is 0 Å². The number of benzene rings is 1. The molecular formula is C10H9N3OS. The number of fused-ring (bicyclic) bond motifs is 1. The second-order valence-corrected chi connectivity index (χ2v) is 3.88. The van der Waals surface area contributed by atoms with E-state index >= 15 is 0 Å². The molecule has 2 N–H and O–H groups in total. The molecule has 0 saturated carbocycles. The lowest BCUT2D eigenvalue weighted by molar-refractivity contribution is 0.134. The molecule has 0 aliphatic carbocycles. The molecule has 0 amide bonds. The maximum atomic E-state index is 5.35. The fourth-order valence-electron chi connectivity index (χ4n) is 1.73. The summed E-state index contributed by atoms with van der Waals surface area (Å²) in [4.78, 5) is 4.17. The first kappa shape index (κ1) is 8.82. The monoisotopic (exact) mass is 219 g/mol. The number of H-pyrrole nitrogens is 2. The van der Waals surface area contributed by atoms with Crippen LogP contribution in [0.25, 0.3) is 11.4 Å². The third kappa shape index (κ3) is 1.49. The second-order valence-electron chi connectivity index (χ2n) is 3.49. The fourth-order valence-corrected chi connectivity index (χ4v) is 1.87. The van der Waals surface area contributed by atoms with Gasteiger partial charge in [0.2, 0.25) is 4.77 Å². The van der Waals surface area contributed by atoms with Crippen molar-refractivity contribution in [2.24, 2.45) is 0 Å². The van der Waals surface area contributed by atoms with E-state index in [4.69, 9.17) is 17.0 Å². The summed E-state index contributed by atoms with van der Waals surface area (Å²) in [5.41, 5.74) is 3.52. The number of hydrogen-bond acceptors (Lipinski definition) is 3. The Hall–Kier alpha value is -1.46. The molecule has 1 aromatic carbocycles. The number of aromatic amines is 2. The predicted octanol–water partition coefficient (Wildman–Crippen LogP) is 2.16. The largest absolute Gasteiger partial charge is 0.372 e. The lowest BCUT2D eigenvalue weighted by atomic mass is 10.1. The second kappa shape index (κ2) is 3.29. The van der Waals surface area contributed by atoms with Crippen LogP contribution in [0.3, 0.4) is 0 Å². The van der Waals surface area contributed by atoms with E-state index in [1.54, 1.807) is 0 Å². The van der Waals surface area contributed by atoms with Crippen molar-refractivity contribution in [3.63, 3.8) is 0 Å². The third-order valence-corrected chi connectivity index (χ3v) is 2.69. The Morgan fingerprint density at radius 3 is 2.87 bits per heavy atom. The van der Waals surface area contributed by atoms with Gasteiger partial charge >= 0.3 is 0 Å². The minimum Gasteiger partial charge on any atom is -0.372 e. The molecule has 2 aromatic rings. The summed E-state index contributed by atoms with van der Waals surface area (Å²) in [6.07, 6.45) is 0. The van der Waals surface area contributed by atoms with E-state index in [0.29, 0.717) is 18.0 Å². The van der Waals surface area contributed by atoms with E-state index in [9.17, 15) is 0 Å². The zero-order valence-corrected chi connectivity index (χ0v) is 8.73. The summed E-state index contributed by atoms with van der Waals surface area (Å²) >= 11 is 4.91. The van der Waals surface area contributed by atoms with Crippen molar-refractivity contribution in [3.8, 4) is 11.4 Å². The van der Waals surface area contributed by atoms with E-state index in [0.717, 1.165) is 11.4 Å². The minimum atomic E-state index is 0.474. The number of ether oxygens (including phenoxy) is 1. The number of nitrogens with one attached hydrogen (secondary N) is 2. The molecule has 0 saturated heterocycles. The van der Waals surface area contributed by atoms with Gasteiger partial charge in [0.1, 0.15) is 0 Å². The number of hydrogen-bond donors (Lipinski definition) is 2. The Morgan fingerprint density at radius 2 is 2.07 bits per heavy atom. The van der Waals surface area contributed by atoms with Gasteiger partial charge in [-0.25, -0.2) is 0 Å². The van der Waals surface area contributed by atoms with Gasteiger partial charge in [-0.1, -0.05) is 12.1 Å². The van der Waals surface area contributed by atoms with Gasteiger partial charge in [-0.15, -0.1) is 0 Å². The van der Waals surface area contributed by atoms with Crippen LogP contribution < -0.4 is 0 Å². The van der Waals surface area contributed by atoms with Crippen LogP contribution in [-0.2, 0) is 18.0 Å². The highest BCUT2D eigenvalue weighted by Gasteiger charge is 2.12. The molecular weight excluding hydrogens is 210 g/mol. The molecule has 3 rings (SSSR count). The molecule has 2 heterocycles. The smallest absolute Gasteiger partial charge is 0.213 e. The molecule has 0 spiro atoms. The maximum absolute atomic E-state index is 5.35. The molecule has 1 aliphatic rings. The van der Waals surface area contributed by atoms with Crippen molar-refractivity contribution in [3.05, 3.63) is 34.1 Å². The van der Waals surface area contributed by atoms with Crippen molar-refractivity contribution in [2.75, 3.05) is 0 Å². The van der Waals surface area contributed by atoms with Crippen molar-refractivity contribution >= 4 is 12.2 Å². The first-order valence-electron chi connectivity index (χ1n) is 4.67. The zero-order chi connectivity index (χ0) is 10.3. The van der Waals surface area contributed by atoms with Crippen LogP contribution in [0, 0.1) is 4.77 Å². The van der Waals surface area contributed by atoms with Crippen LogP contribution in [0.2, 0.25) is 0 Å². The maximum Gasteiger partial charge on any atom is 0.213 e. The lowest BCUT2D eigenvalue weighted by Crippen LogP contribution is -1.86. The van der Waals surface area contributed by atoms with Crippen LogP contribution in [-0.4, -0.2) is 15.2 Å². The van der Waals surface area contributed by atoms with Gasteiger partial charge in [-0.3, -0.25) is 10.2 Å².